The van der Waals surface area contributed by atoms with E-state index in [1.54, 1.807) is 4.90 Å². The maximum absolute atomic E-state index is 12.2. The molecule has 1 amide bonds. The Morgan fingerprint density at radius 2 is 1.91 bits per heavy atom. The molecule has 4 heteroatoms. The van der Waals surface area contributed by atoms with Crippen LogP contribution in [-0.2, 0) is 24.2 Å². The summed E-state index contributed by atoms with van der Waals surface area (Å²) in [6.45, 7) is 14.6. The smallest absolute Gasteiger partial charge is 0.410 e. The molecule has 128 valence electrons. The lowest BCUT2D eigenvalue weighted by Gasteiger charge is -2.31. The molecule has 0 spiro atoms. The second-order valence-electron chi connectivity index (χ2n) is 7.22. The molecule has 1 aromatic rings. The minimum atomic E-state index is -0.440. The van der Waals surface area contributed by atoms with Gasteiger partial charge in [-0.05, 0) is 57.0 Å². The molecular weight excluding hydrogens is 288 g/mol. The number of benzene rings is 1. The van der Waals surface area contributed by atoms with Crippen molar-refractivity contribution in [2.45, 2.75) is 59.7 Å². The van der Waals surface area contributed by atoms with Gasteiger partial charge < -0.3 is 9.64 Å². The number of rotatable bonds is 4. The summed E-state index contributed by atoms with van der Waals surface area (Å²) in [6.07, 6.45) is 0.691. The first kappa shape index (κ1) is 17.8. The summed E-state index contributed by atoms with van der Waals surface area (Å²) in [5, 5.41) is 0. The molecule has 1 heterocycles. The first-order valence-corrected chi connectivity index (χ1v) is 8.63. The van der Waals surface area contributed by atoms with Crippen molar-refractivity contribution in [1.29, 1.82) is 0 Å². The fraction of sp³-hybridized carbons (Fsp3) is 0.632. The third-order valence-corrected chi connectivity index (χ3v) is 4.24. The van der Waals surface area contributed by atoms with Crippen LogP contribution in [0.15, 0.2) is 18.2 Å². The van der Waals surface area contributed by atoms with Crippen LogP contribution in [-0.4, -0.2) is 41.1 Å². The Morgan fingerprint density at radius 1 is 1.22 bits per heavy atom. The van der Waals surface area contributed by atoms with E-state index in [2.05, 4.69) is 36.9 Å². The van der Waals surface area contributed by atoms with E-state index >= 15 is 0 Å². The highest BCUT2D eigenvalue weighted by Crippen LogP contribution is 2.22. The van der Waals surface area contributed by atoms with E-state index in [1.165, 1.54) is 16.7 Å². The van der Waals surface area contributed by atoms with E-state index in [-0.39, 0.29) is 6.09 Å². The molecule has 0 radical (unpaired) electrons. The summed E-state index contributed by atoms with van der Waals surface area (Å²) in [7, 11) is 0. The minimum Gasteiger partial charge on any atom is -0.444 e. The van der Waals surface area contributed by atoms with Crippen molar-refractivity contribution in [2.75, 3.05) is 19.6 Å². The van der Waals surface area contributed by atoms with Gasteiger partial charge in [-0.1, -0.05) is 32.0 Å². The van der Waals surface area contributed by atoms with Crippen LogP contribution in [0.2, 0.25) is 0 Å². The van der Waals surface area contributed by atoms with Gasteiger partial charge in [-0.3, -0.25) is 4.90 Å². The van der Waals surface area contributed by atoms with Gasteiger partial charge in [0.1, 0.15) is 5.60 Å². The first-order chi connectivity index (χ1) is 10.8. The topological polar surface area (TPSA) is 32.8 Å². The average Bonchev–Trinajstić information content (AvgIpc) is 2.50. The summed E-state index contributed by atoms with van der Waals surface area (Å²) in [4.78, 5) is 16.4. The molecule has 2 rings (SSSR count). The van der Waals surface area contributed by atoms with Crippen molar-refractivity contribution >= 4 is 6.09 Å². The number of hydrogen-bond donors (Lipinski definition) is 0. The summed E-state index contributed by atoms with van der Waals surface area (Å²) in [5.74, 6) is 0. The van der Waals surface area contributed by atoms with E-state index in [9.17, 15) is 4.79 Å². The zero-order valence-electron chi connectivity index (χ0n) is 15.2. The predicted octanol–water partition coefficient (Wildman–Crippen LogP) is 3.82. The zero-order chi connectivity index (χ0) is 17.0. The Balaban J connectivity index is 2.04. The van der Waals surface area contributed by atoms with Gasteiger partial charge in [0.15, 0.2) is 0 Å². The highest BCUT2D eigenvalue weighted by Gasteiger charge is 2.25. The largest absolute Gasteiger partial charge is 0.444 e. The normalized spacial score (nSPS) is 14.8. The summed E-state index contributed by atoms with van der Waals surface area (Å²) < 4.78 is 5.48. The molecule has 4 nitrogen and oxygen atoms in total. The standard InChI is InChI=1S/C19H30N2O2/c1-6-20(7-2)13-15-8-9-17-14-21(11-10-16(17)12-15)18(22)23-19(3,4)5/h8-9,12H,6-7,10-11,13-14H2,1-5H3. The number of ether oxygens (including phenoxy) is 1. The molecule has 0 N–H and O–H groups in total. The lowest BCUT2D eigenvalue weighted by Crippen LogP contribution is -2.39. The van der Waals surface area contributed by atoms with Crippen LogP contribution < -0.4 is 0 Å². The van der Waals surface area contributed by atoms with Crippen LogP contribution in [0.4, 0.5) is 4.79 Å². The SMILES string of the molecule is CCN(CC)Cc1ccc2c(c1)CCN(C(=O)OC(C)(C)C)C2. The first-order valence-electron chi connectivity index (χ1n) is 8.63. The van der Waals surface area contributed by atoms with E-state index in [1.807, 2.05) is 20.8 Å². The lowest BCUT2D eigenvalue weighted by atomic mass is 9.97. The average molecular weight is 318 g/mol. The Kier molecular flexibility index (Phi) is 5.69. The van der Waals surface area contributed by atoms with Gasteiger partial charge in [0.25, 0.3) is 0 Å². The van der Waals surface area contributed by atoms with Crippen molar-refractivity contribution < 1.29 is 9.53 Å². The Hall–Kier alpha value is -1.55. The second kappa shape index (κ2) is 7.35. The monoisotopic (exact) mass is 318 g/mol. The fourth-order valence-corrected chi connectivity index (χ4v) is 2.89. The molecule has 0 fully saturated rings. The highest BCUT2D eigenvalue weighted by molar-refractivity contribution is 5.68. The Morgan fingerprint density at radius 3 is 2.52 bits per heavy atom. The molecule has 23 heavy (non-hydrogen) atoms. The Labute approximate surface area is 140 Å². The van der Waals surface area contributed by atoms with Crippen LogP contribution in [0, 0.1) is 0 Å². The van der Waals surface area contributed by atoms with Gasteiger partial charge in [-0.15, -0.1) is 0 Å². The third-order valence-electron chi connectivity index (χ3n) is 4.24. The summed E-state index contributed by atoms with van der Waals surface area (Å²) >= 11 is 0. The van der Waals surface area contributed by atoms with Crippen LogP contribution in [0.3, 0.4) is 0 Å². The van der Waals surface area contributed by atoms with Gasteiger partial charge >= 0.3 is 6.09 Å². The third kappa shape index (κ3) is 4.96. The minimum absolute atomic E-state index is 0.213. The number of carbonyl (C=O) groups excluding carboxylic acids is 1. The van der Waals surface area contributed by atoms with Crippen LogP contribution in [0.5, 0.6) is 0 Å². The molecule has 0 aliphatic carbocycles. The number of nitrogens with zero attached hydrogens (tertiary/aromatic N) is 2. The number of fused-ring (bicyclic) bond motifs is 1. The number of hydrogen-bond acceptors (Lipinski definition) is 3. The van der Waals surface area contributed by atoms with Crippen LogP contribution >= 0.6 is 0 Å². The summed E-state index contributed by atoms with van der Waals surface area (Å²) in [5.41, 5.74) is 3.53. The predicted molar refractivity (Wildman–Crippen MR) is 93.4 cm³/mol. The molecule has 1 aliphatic rings. The van der Waals surface area contributed by atoms with Gasteiger partial charge in [0.05, 0.1) is 0 Å². The number of amides is 1. The van der Waals surface area contributed by atoms with E-state index < -0.39 is 5.60 Å². The molecule has 1 aromatic carbocycles. The Bertz CT molecular complexity index is 545. The van der Waals surface area contributed by atoms with Crippen molar-refractivity contribution in [1.82, 2.24) is 9.80 Å². The molecule has 0 unspecified atom stereocenters. The van der Waals surface area contributed by atoms with E-state index in [4.69, 9.17) is 4.74 Å². The maximum Gasteiger partial charge on any atom is 0.410 e. The zero-order valence-corrected chi connectivity index (χ0v) is 15.2. The number of carbonyl (C=O) groups is 1. The molecular formula is C19H30N2O2. The quantitative estimate of drug-likeness (QED) is 0.846. The molecule has 0 bridgehead atoms. The second-order valence-corrected chi connectivity index (χ2v) is 7.22. The van der Waals surface area contributed by atoms with E-state index in [0.717, 1.165) is 32.6 Å². The summed E-state index contributed by atoms with van der Waals surface area (Å²) in [6, 6.07) is 6.67. The lowest BCUT2D eigenvalue weighted by molar-refractivity contribution is 0.0224. The van der Waals surface area contributed by atoms with Gasteiger partial charge in [-0.25, -0.2) is 4.79 Å². The van der Waals surface area contributed by atoms with Crippen molar-refractivity contribution in [2.24, 2.45) is 0 Å². The van der Waals surface area contributed by atoms with Crippen molar-refractivity contribution in [3.05, 3.63) is 34.9 Å². The highest BCUT2D eigenvalue weighted by atomic mass is 16.6. The maximum atomic E-state index is 12.2. The van der Waals surface area contributed by atoms with Crippen LogP contribution in [0.1, 0.15) is 51.3 Å². The molecule has 0 atom stereocenters. The molecule has 1 aliphatic heterocycles. The molecule has 0 saturated carbocycles. The van der Waals surface area contributed by atoms with Crippen LogP contribution in [0.25, 0.3) is 0 Å². The molecule has 0 saturated heterocycles. The van der Waals surface area contributed by atoms with Gasteiger partial charge in [0, 0.05) is 19.6 Å². The van der Waals surface area contributed by atoms with Gasteiger partial charge in [0.2, 0.25) is 0 Å². The van der Waals surface area contributed by atoms with Crippen molar-refractivity contribution in [3.63, 3.8) is 0 Å². The van der Waals surface area contributed by atoms with E-state index in [0.29, 0.717) is 6.54 Å². The fourth-order valence-electron chi connectivity index (χ4n) is 2.89. The van der Waals surface area contributed by atoms with Gasteiger partial charge in [-0.2, -0.15) is 0 Å². The molecule has 0 aromatic heterocycles. The van der Waals surface area contributed by atoms with Crippen molar-refractivity contribution in [3.8, 4) is 0 Å².